The Hall–Kier alpha value is -2.60. The zero-order chi connectivity index (χ0) is 14.7. The molecule has 0 aliphatic carbocycles. The second kappa shape index (κ2) is 5.58. The molecule has 0 aliphatic rings. The molecule has 0 saturated heterocycles. The van der Waals surface area contributed by atoms with E-state index in [9.17, 15) is 9.59 Å². The first-order valence-electron chi connectivity index (χ1n) is 6.02. The van der Waals surface area contributed by atoms with Gasteiger partial charge in [-0.3, -0.25) is 9.59 Å². The van der Waals surface area contributed by atoms with Crippen LogP contribution in [-0.2, 0) is 17.9 Å². The van der Waals surface area contributed by atoms with Gasteiger partial charge < -0.3 is 21.1 Å². The van der Waals surface area contributed by atoms with E-state index >= 15 is 0 Å². The summed E-state index contributed by atoms with van der Waals surface area (Å²) in [6.45, 7) is 0.0147. The van der Waals surface area contributed by atoms with Crippen LogP contribution < -0.4 is 17.0 Å². The van der Waals surface area contributed by atoms with Crippen molar-refractivity contribution in [1.82, 2.24) is 4.57 Å². The maximum Gasteiger partial charge on any atom is 0.323 e. The van der Waals surface area contributed by atoms with E-state index in [-0.39, 0.29) is 12.1 Å². The minimum atomic E-state index is -1.07. The highest BCUT2D eigenvalue weighted by molar-refractivity contribution is 5.76. The quantitative estimate of drug-likeness (QED) is 0.708. The van der Waals surface area contributed by atoms with Crippen LogP contribution in [0.4, 0.5) is 5.69 Å². The van der Waals surface area contributed by atoms with Crippen molar-refractivity contribution in [3.8, 4) is 11.1 Å². The molecule has 5 N–H and O–H groups in total. The fourth-order valence-corrected chi connectivity index (χ4v) is 1.93. The monoisotopic (exact) mass is 273 g/mol. The van der Waals surface area contributed by atoms with Crippen molar-refractivity contribution in [2.24, 2.45) is 5.73 Å². The van der Waals surface area contributed by atoms with Crippen LogP contribution in [0.3, 0.4) is 0 Å². The number of hydrogen-bond acceptors (Lipinski definition) is 4. The van der Waals surface area contributed by atoms with Crippen molar-refractivity contribution >= 4 is 11.7 Å². The standard InChI is InChI=1S/C14H15N3O3/c15-7-9-1-2-12(16)11(5-9)10-3-4-17(8-14(19)20)13(18)6-10/h1-6H,7-8,15-16H2,(H,19,20). The van der Waals surface area contributed by atoms with Gasteiger partial charge in [0.05, 0.1) is 0 Å². The fraction of sp³-hybridized carbons (Fsp3) is 0.143. The summed E-state index contributed by atoms with van der Waals surface area (Å²) >= 11 is 0. The van der Waals surface area contributed by atoms with E-state index in [0.29, 0.717) is 23.4 Å². The van der Waals surface area contributed by atoms with Crippen LogP contribution in [0.5, 0.6) is 0 Å². The highest BCUT2D eigenvalue weighted by Crippen LogP contribution is 2.25. The smallest absolute Gasteiger partial charge is 0.323 e. The van der Waals surface area contributed by atoms with Gasteiger partial charge in [-0.15, -0.1) is 0 Å². The Balaban J connectivity index is 2.46. The zero-order valence-corrected chi connectivity index (χ0v) is 10.7. The summed E-state index contributed by atoms with van der Waals surface area (Å²) < 4.78 is 1.12. The topological polar surface area (TPSA) is 111 Å². The third-order valence-corrected chi connectivity index (χ3v) is 2.97. The molecule has 0 unspecified atom stereocenters. The molecule has 6 heteroatoms. The van der Waals surface area contributed by atoms with Crippen molar-refractivity contribution in [1.29, 1.82) is 0 Å². The van der Waals surface area contributed by atoms with Gasteiger partial charge in [-0.1, -0.05) is 6.07 Å². The molecule has 1 aromatic carbocycles. The summed E-state index contributed by atoms with van der Waals surface area (Å²) in [6.07, 6.45) is 1.44. The summed E-state index contributed by atoms with van der Waals surface area (Å²) in [5.41, 5.74) is 13.9. The Morgan fingerprint density at radius 2 is 2.00 bits per heavy atom. The van der Waals surface area contributed by atoms with Crippen LogP contribution in [0.2, 0.25) is 0 Å². The lowest BCUT2D eigenvalue weighted by Crippen LogP contribution is -2.22. The van der Waals surface area contributed by atoms with E-state index in [1.54, 1.807) is 12.1 Å². The van der Waals surface area contributed by atoms with Crippen LogP contribution in [0.15, 0.2) is 41.3 Å². The van der Waals surface area contributed by atoms with Crippen molar-refractivity contribution in [2.75, 3.05) is 5.73 Å². The molecule has 20 heavy (non-hydrogen) atoms. The van der Waals surface area contributed by atoms with E-state index in [1.807, 2.05) is 12.1 Å². The van der Waals surface area contributed by atoms with Crippen molar-refractivity contribution in [3.05, 3.63) is 52.4 Å². The van der Waals surface area contributed by atoms with Gasteiger partial charge >= 0.3 is 5.97 Å². The van der Waals surface area contributed by atoms with Crippen LogP contribution in [0.25, 0.3) is 11.1 Å². The van der Waals surface area contributed by atoms with E-state index < -0.39 is 5.97 Å². The molecule has 0 saturated carbocycles. The first kappa shape index (κ1) is 13.8. The van der Waals surface area contributed by atoms with Gasteiger partial charge in [0.1, 0.15) is 6.54 Å². The lowest BCUT2D eigenvalue weighted by atomic mass is 10.0. The predicted octanol–water partition coefficient (Wildman–Crippen LogP) is 0.641. The first-order valence-corrected chi connectivity index (χ1v) is 6.02. The van der Waals surface area contributed by atoms with Gasteiger partial charge in [-0.2, -0.15) is 0 Å². The van der Waals surface area contributed by atoms with E-state index in [1.165, 1.54) is 12.3 Å². The fourth-order valence-electron chi connectivity index (χ4n) is 1.93. The molecule has 0 spiro atoms. The number of rotatable bonds is 4. The van der Waals surface area contributed by atoms with E-state index in [0.717, 1.165) is 10.1 Å². The van der Waals surface area contributed by atoms with Crippen LogP contribution in [0, 0.1) is 0 Å². The molecule has 0 radical (unpaired) electrons. The average Bonchev–Trinajstić information content (AvgIpc) is 2.41. The maximum absolute atomic E-state index is 11.8. The molecule has 0 amide bonds. The molecule has 1 aromatic heterocycles. The van der Waals surface area contributed by atoms with Crippen molar-refractivity contribution in [2.45, 2.75) is 13.1 Å². The number of carboxylic acids is 1. The molecular weight excluding hydrogens is 258 g/mol. The second-order valence-electron chi connectivity index (χ2n) is 4.40. The van der Waals surface area contributed by atoms with Crippen LogP contribution >= 0.6 is 0 Å². The third kappa shape index (κ3) is 2.86. The number of nitrogens with two attached hydrogens (primary N) is 2. The molecule has 2 rings (SSSR count). The van der Waals surface area contributed by atoms with Crippen molar-refractivity contribution in [3.63, 3.8) is 0 Å². The Labute approximate surface area is 115 Å². The van der Waals surface area contributed by atoms with Crippen LogP contribution in [-0.4, -0.2) is 15.6 Å². The molecule has 104 valence electrons. The van der Waals surface area contributed by atoms with Gasteiger partial charge in [-0.25, -0.2) is 0 Å². The minimum absolute atomic E-state index is 0.364. The number of carbonyl (C=O) groups is 1. The van der Waals surface area contributed by atoms with Gasteiger partial charge in [0.15, 0.2) is 0 Å². The Bertz CT molecular complexity index is 707. The number of aromatic nitrogens is 1. The molecule has 0 fully saturated rings. The predicted molar refractivity (Wildman–Crippen MR) is 76.1 cm³/mol. The van der Waals surface area contributed by atoms with Gasteiger partial charge in [0.25, 0.3) is 5.56 Å². The summed E-state index contributed by atoms with van der Waals surface area (Å²) in [5, 5.41) is 8.70. The Morgan fingerprint density at radius 3 is 2.60 bits per heavy atom. The van der Waals surface area contributed by atoms with Crippen LogP contribution in [0.1, 0.15) is 5.56 Å². The largest absolute Gasteiger partial charge is 0.480 e. The molecule has 6 nitrogen and oxygen atoms in total. The lowest BCUT2D eigenvalue weighted by Gasteiger charge is -2.09. The zero-order valence-electron chi connectivity index (χ0n) is 10.7. The number of aliphatic carboxylic acids is 1. The van der Waals surface area contributed by atoms with E-state index in [2.05, 4.69) is 0 Å². The Morgan fingerprint density at radius 1 is 1.25 bits per heavy atom. The maximum atomic E-state index is 11.8. The normalized spacial score (nSPS) is 10.4. The van der Waals surface area contributed by atoms with Gasteiger partial charge in [0.2, 0.25) is 0 Å². The summed E-state index contributed by atoms with van der Waals surface area (Å²) in [6, 6.07) is 8.42. The summed E-state index contributed by atoms with van der Waals surface area (Å²) in [7, 11) is 0. The SMILES string of the molecule is NCc1ccc(N)c(-c2ccn(CC(=O)O)c(=O)c2)c1. The summed E-state index contributed by atoms with van der Waals surface area (Å²) in [4.78, 5) is 22.5. The molecule has 2 aromatic rings. The number of hydrogen-bond donors (Lipinski definition) is 3. The second-order valence-corrected chi connectivity index (χ2v) is 4.40. The minimum Gasteiger partial charge on any atom is -0.480 e. The molecule has 0 bridgehead atoms. The third-order valence-electron chi connectivity index (χ3n) is 2.97. The first-order chi connectivity index (χ1) is 9.51. The molecular formula is C14H15N3O3. The Kier molecular flexibility index (Phi) is 3.86. The lowest BCUT2D eigenvalue weighted by molar-refractivity contribution is -0.137. The number of anilines is 1. The summed E-state index contributed by atoms with van der Waals surface area (Å²) in [5.74, 6) is -1.07. The highest BCUT2D eigenvalue weighted by atomic mass is 16.4. The number of nitrogens with zero attached hydrogens (tertiary/aromatic N) is 1. The number of nitrogen functional groups attached to an aromatic ring is 1. The molecule has 0 aliphatic heterocycles. The number of carboxylic acid groups (broad SMARTS) is 1. The van der Waals surface area contributed by atoms with E-state index in [4.69, 9.17) is 16.6 Å². The van der Waals surface area contributed by atoms with Gasteiger partial charge in [0, 0.05) is 30.1 Å². The number of benzene rings is 1. The number of pyridine rings is 1. The highest BCUT2D eigenvalue weighted by Gasteiger charge is 2.07. The van der Waals surface area contributed by atoms with Crippen molar-refractivity contribution < 1.29 is 9.90 Å². The average molecular weight is 273 g/mol. The van der Waals surface area contributed by atoms with Gasteiger partial charge in [-0.05, 0) is 29.3 Å². The molecule has 0 atom stereocenters. The molecule has 1 heterocycles.